The highest BCUT2D eigenvalue weighted by Crippen LogP contribution is 2.11. The molecule has 0 spiro atoms. The molecular weight excluding hydrogens is 272 g/mol. The van der Waals surface area contributed by atoms with Gasteiger partial charge in [-0.1, -0.05) is 38.0 Å². The molecule has 0 aliphatic heterocycles. The van der Waals surface area contributed by atoms with Crippen LogP contribution in [0.1, 0.15) is 43.5 Å². The molecule has 0 aliphatic carbocycles. The highest BCUT2D eigenvalue weighted by atomic mass is 16.5. The molecule has 0 saturated carbocycles. The smallest absolute Gasteiger partial charge is 0.373 e. The number of hydrogen-bond acceptors (Lipinski definition) is 5. The van der Waals surface area contributed by atoms with E-state index in [1.807, 2.05) is 6.07 Å². The SMILES string of the molecule is CCCCC(COC(=O)c1ccccc1)C(C)=O.O=C=O. The second-order valence-electron chi connectivity index (χ2n) is 4.50. The van der Waals surface area contributed by atoms with E-state index < -0.39 is 0 Å². The fourth-order valence-corrected chi connectivity index (χ4v) is 1.69. The minimum Gasteiger partial charge on any atom is -0.461 e. The van der Waals surface area contributed by atoms with E-state index in [0.29, 0.717) is 5.56 Å². The molecule has 0 bridgehead atoms. The molecule has 5 heteroatoms. The molecule has 1 unspecified atom stereocenters. The van der Waals surface area contributed by atoms with Crippen LogP contribution in [-0.4, -0.2) is 24.5 Å². The van der Waals surface area contributed by atoms with Crippen molar-refractivity contribution in [1.82, 2.24) is 0 Å². The van der Waals surface area contributed by atoms with Gasteiger partial charge in [0.1, 0.15) is 12.4 Å². The number of benzene rings is 1. The van der Waals surface area contributed by atoms with E-state index in [-0.39, 0.29) is 30.4 Å². The zero-order valence-corrected chi connectivity index (χ0v) is 12.3. The van der Waals surface area contributed by atoms with E-state index in [4.69, 9.17) is 14.3 Å². The normalized spacial score (nSPS) is 10.6. The van der Waals surface area contributed by atoms with Crippen molar-refractivity contribution in [3.05, 3.63) is 35.9 Å². The lowest BCUT2D eigenvalue weighted by atomic mass is 9.99. The topological polar surface area (TPSA) is 77.5 Å². The Kier molecular flexibility index (Phi) is 10.3. The Balaban J connectivity index is 0.00000122. The summed E-state index contributed by atoms with van der Waals surface area (Å²) < 4.78 is 5.19. The summed E-state index contributed by atoms with van der Waals surface area (Å²) in [4.78, 5) is 39.4. The molecule has 0 heterocycles. The molecule has 1 rings (SSSR count). The fourth-order valence-electron chi connectivity index (χ4n) is 1.69. The van der Waals surface area contributed by atoms with Crippen LogP contribution in [0.2, 0.25) is 0 Å². The van der Waals surface area contributed by atoms with Crippen molar-refractivity contribution in [2.75, 3.05) is 6.61 Å². The van der Waals surface area contributed by atoms with E-state index >= 15 is 0 Å². The Morgan fingerprint density at radius 3 is 2.24 bits per heavy atom. The first-order valence-corrected chi connectivity index (χ1v) is 6.78. The van der Waals surface area contributed by atoms with Gasteiger partial charge in [-0.05, 0) is 25.5 Å². The molecule has 1 atom stereocenters. The molecule has 1 aromatic rings. The predicted octanol–water partition coefficient (Wildman–Crippen LogP) is 2.66. The number of esters is 1. The number of hydrogen-bond donors (Lipinski definition) is 0. The molecule has 0 amide bonds. The van der Waals surface area contributed by atoms with E-state index in [2.05, 4.69) is 6.92 Å². The number of Topliss-reactive ketones (excluding diaryl/α,β-unsaturated/α-hetero) is 1. The first-order chi connectivity index (χ1) is 10.1. The quantitative estimate of drug-likeness (QED) is 0.722. The van der Waals surface area contributed by atoms with Gasteiger partial charge in [-0.3, -0.25) is 4.79 Å². The van der Waals surface area contributed by atoms with Gasteiger partial charge in [-0.15, -0.1) is 0 Å². The lowest BCUT2D eigenvalue weighted by Crippen LogP contribution is -2.20. The molecular formula is C16H20O5. The van der Waals surface area contributed by atoms with Crippen molar-refractivity contribution in [3.8, 4) is 0 Å². The van der Waals surface area contributed by atoms with Crippen LogP contribution in [0.4, 0.5) is 0 Å². The van der Waals surface area contributed by atoms with Crippen molar-refractivity contribution in [2.24, 2.45) is 5.92 Å². The monoisotopic (exact) mass is 292 g/mol. The third kappa shape index (κ3) is 8.50. The number of unbranched alkanes of at least 4 members (excludes halogenated alkanes) is 1. The van der Waals surface area contributed by atoms with Crippen LogP contribution < -0.4 is 0 Å². The summed E-state index contributed by atoms with van der Waals surface area (Å²) in [5.74, 6) is -0.444. The number of carbonyl (C=O) groups is 2. The van der Waals surface area contributed by atoms with Gasteiger partial charge < -0.3 is 4.74 Å². The van der Waals surface area contributed by atoms with E-state index in [1.165, 1.54) is 0 Å². The van der Waals surface area contributed by atoms with Gasteiger partial charge in [0.25, 0.3) is 0 Å². The molecule has 0 saturated heterocycles. The minimum absolute atomic E-state index is 0.0873. The van der Waals surface area contributed by atoms with E-state index in [0.717, 1.165) is 19.3 Å². The lowest BCUT2D eigenvalue weighted by Gasteiger charge is -2.13. The number of carbonyl (C=O) groups excluding carboxylic acids is 4. The van der Waals surface area contributed by atoms with Gasteiger partial charge in [0.2, 0.25) is 0 Å². The highest BCUT2D eigenvalue weighted by molar-refractivity contribution is 5.89. The highest BCUT2D eigenvalue weighted by Gasteiger charge is 2.16. The van der Waals surface area contributed by atoms with Crippen LogP contribution in [0.15, 0.2) is 30.3 Å². The van der Waals surface area contributed by atoms with Gasteiger partial charge in [0, 0.05) is 0 Å². The van der Waals surface area contributed by atoms with Gasteiger partial charge in [0.15, 0.2) is 0 Å². The number of ketones is 1. The Morgan fingerprint density at radius 2 is 1.76 bits per heavy atom. The summed E-state index contributed by atoms with van der Waals surface area (Å²) in [6.07, 6.45) is 3.05. The minimum atomic E-state index is -0.363. The Hall–Kier alpha value is -2.26. The van der Waals surface area contributed by atoms with Crippen LogP contribution in [0, 0.1) is 5.92 Å². The molecule has 0 radical (unpaired) electrons. The van der Waals surface area contributed by atoms with Gasteiger partial charge in [0.05, 0.1) is 11.5 Å². The number of ether oxygens (including phenoxy) is 1. The van der Waals surface area contributed by atoms with Crippen LogP contribution >= 0.6 is 0 Å². The molecule has 0 aliphatic rings. The van der Waals surface area contributed by atoms with E-state index in [9.17, 15) is 9.59 Å². The second kappa shape index (κ2) is 11.6. The summed E-state index contributed by atoms with van der Waals surface area (Å²) in [5, 5.41) is 0. The maximum absolute atomic E-state index is 11.7. The Morgan fingerprint density at radius 1 is 1.19 bits per heavy atom. The summed E-state index contributed by atoms with van der Waals surface area (Å²) in [5.41, 5.74) is 0.523. The third-order valence-corrected chi connectivity index (χ3v) is 2.91. The number of rotatable bonds is 7. The Bertz CT molecular complexity index is 461. The maximum Gasteiger partial charge on any atom is 0.373 e. The van der Waals surface area contributed by atoms with Gasteiger partial charge >= 0.3 is 12.1 Å². The molecule has 21 heavy (non-hydrogen) atoms. The molecule has 0 fully saturated rings. The van der Waals surface area contributed by atoms with Crippen molar-refractivity contribution in [3.63, 3.8) is 0 Å². The molecule has 0 aromatic heterocycles. The van der Waals surface area contributed by atoms with Crippen LogP contribution in [0.25, 0.3) is 0 Å². The van der Waals surface area contributed by atoms with Crippen molar-refractivity contribution in [1.29, 1.82) is 0 Å². The first kappa shape index (κ1) is 18.7. The lowest BCUT2D eigenvalue weighted by molar-refractivity contribution is -0.191. The zero-order chi connectivity index (χ0) is 16.1. The molecule has 1 aromatic carbocycles. The van der Waals surface area contributed by atoms with Crippen LogP contribution in [0.5, 0.6) is 0 Å². The fraction of sp³-hybridized carbons (Fsp3) is 0.438. The summed E-state index contributed by atoms with van der Waals surface area (Å²) >= 11 is 0. The van der Waals surface area contributed by atoms with Crippen LogP contribution in [-0.2, 0) is 19.1 Å². The second-order valence-corrected chi connectivity index (χ2v) is 4.50. The standard InChI is InChI=1S/C15H20O3.CO2/c1-3-4-8-14(12(2)16)11-18-15(17)13-9-6-5-7-10-13;2-1-3/h5-7,9-10,14H,3-4,8,11H2,1-2H3;. The zero-order valence-electron chi connectivity index (χ0n) is 12.3. The van der Waals surface area contributed by atoms with Gasteiger partial charge in [-0.2, -0.15) is 9.59 Å². The molecule has 5 nitrogen and oxygen atoms in total. The van der Waals surface area contributed by atoms with Crippen molar-refractivity contribution < 1.29 is 23.9 Å². The average molecular weight is 292 g/mol. The van der Waals surface area contributed by atoms with Crippen molar-refractivity contribution >= 4 is 17.9 Å². The van der Waals surface area contributed by atoms with Crippen molar-refractivity contribution in [2.45, 2.75) is 33.1 Å². The summed E-state index contributed by atoms with van der Waals surface area (Å²) in [6, 6.07) is 8.83. The third-order valence-electron chi connectivity index (χ3n) is 2.91. The average Bonchev–Trinajstić information content (AvgIpc) is 2.48. The largest absolute Gasteiger partial charge is 0.461 e. The maximum atomic E-state index is 11.7. The first-order valence-electron chi connectivity index (χ1n) is 6.78. The Labute approximate surface area is 124 Å². The summed E-state index contributed by atoms with van der Waals surface area (Å²) in [6.45, 7) is 3.81. The summed E-state index contributed by atoms with van der Waals surface area (Å²) in [7, 11) is 0. The van der Waals surface area contributed by atoms with Crippen LogP contribution in [0.3, 0.4) is 0 Å². The van der Waals surface area contributed by atoms with E-state index in [1.54, 1.807) is 31.2 Å². The molecule has 114 valence electrons. The van der Waals surface area contributed by atoms with Gasteiger partial charge in [-0.25, -0.2) is 4.79 Å². The predicted molar refractivity (Wildman–Crippen MR) is 75.4 cm³/mol. The molecule has 0 N–H and O–H groups in total.